The van der Waals surface area contributed by atoms with Crippen molar-refractivity contribution in [1.82, 2.24) is 15.1 Å². The van der Waals surface area contributed by atoms with E-state index in [1.165, 1.54) is 0 Å². The van der Waals surface area contributed by atoms with Crippen molar-refractivity contribution in [1.29, 1.82) is 5.41 Å². The van der Waals surface area contributed by atoms with E-state index in [4.69, 9.17) is 16.9 Å². The predicted octanol–water partition coefficient (Wildman–Crippen LogP) is 0.269. The average molecular weight is 401 g/mol. The summed E-state index contributed by atoms with van der Waals surface area (Å²) in [5.41, 5.74) is 12.7. The number of carbonyl (C=O) groups is 2. The Morgan fingerprint density at radius 1 is 1.14 bits per heavy atom. The van der Waals surface area contributed by atoms with E-state index in [9.17, 15) is 9.59 Å². The molecule has 8 nitrogen and oxygen atoms in total. The Morgan fingerprint density at radius 2 is 1.83 bits per heavy atom. The largest absolute Gasteiger partial charge is 0.370 e. The van der Waals surface area contributed by atoms with Gasteiger partial charge in [-0.1, -0.05) is 30.3 Å². The minimum absolute atomic E-state index is 0.0863. The van der Waals surface area contributed by atoms with Crippen molar-refractivity contribution in [3.05, 3.63) is 35.9 Å². The molecule has 8 heteroatoms. The SMILES string of the molecule is N=C(N)N1CCC(CNC(=O)[C@H]2CCCN2C(=O)[C@H](N)Cc2ccccc2)CC1. The molecule has 29 heavy (non-hydrogen) atoms. The number of nitrogens with zero attached hydrogens (tertiary/aromatic N) is 2. The first-order valence-electron chi connectivity index (χ1n) is 10.4. The van der Waals surface area contributed by atoms with Crippen LogP contribution in [0.5, 0.6) is 0 Å². The second-order valence-electron chi connectivity index (χ2n) is 8.05. The van der Waals surface area contributed by atoms with Crippen LogP contribution in [0.1, 0.15) is 31.2 Å². The summed E-state index contributed by atoms with van der Waals surface area (Å²) in [6.45, 7) is 2.67. The molecule has 2 fully saturated rings. The lowest BCUT2D eigenvalue weighted by Gasteiger charge is -2.32. The van der Waals surface area contributed by atoms with Gasteiger partial charge in [-0.2, -0.15) is 0 Å². The van der Waals surface area contributed by atoms with Gasteiger partial charge in [0.15, 0.2) is 5.96 Å². The minimum atomic E-state index is -0.637. The number of rotatable bonds is 6. The van der Waals surface area contributed by atoms with Gasteiger partial charge in [0.05, 0.1) is 6.04 Å². The highest BCUT2D eigenvalue weighted by Crippen LogP contribution is 2.20. The molecule has 158 valence electrons. The maximum atomic E-state index is 12.9. The Labute approximate surface area is 172 Å². The molecule has 2 aliphatic heterocycles. The zero-order valence-electron chi connectivity index (χ0n) is 16.8. The number of likely N-dealkylation sites (tertiary alicyclic amines) is 2. The first kappa shape index (κ1) is 21.1. The van der Waals surface area contributed by atoms with Crippen molar-refractivity contribution >= 4 is 17.8 Å². The van der Waals surface area contributed by atoms with Gasteiger partial charge >= 0.3 is 0 Å². The summed E-state index contributed by atoms with van der Waals surface area (Å²) < 4.78 is 0. The van der Waals surface area contributed by atoms with Crippen LogP contribution in [-0.4, -0.2) is 65.8 Å². The molecule has 0 saturated carbocycles. The van der Waals surface area contributed by atoms with Crippen LogP contribution in [0.4, 0.5) is 0 Å². The molecule has 2 aliphatic rings. The van der Waals surface area contributed by atoms with Crippen LogP contribution in [0.15, 0.2) is 30.3 Å². The van der Waals surface area contributed by atoms with E-state index >= 15 is 0 Å². The van der Waals surface area contributed by atoms with Crippen LogP contribution < -0.4 is 16.8 Å². The summed E-state index contributed by atoms with van der Waals surface area (Å²) in [7, 11) is 0. The average Bonchev–Trinajstić information content (AvgIpc) is 3.22. The maximum absolute atomic E-state index is 12.9. The number of piperidine rings is 1. The number of carbonyl (C=O) groups excluding carboxylic acids is 2. The highest BCUT2D eigenvalue weighted by molar-refractivity contribution is 5.90. The van der Waals surface area contributed by atoms with E-state index in [-0.39, 0.29) is 17.8 Å². The van der Waals surface area contributed by atoms with Gasteiger partial charge in [0.25, 0.3) is 0 Å². The van der Waals surface area contributed by atoms with Crippen LogP contribution in [-0.2, 0) is 16.0 Å². The molecule has 0 bridgehead atoms. The van der Waals surface area contributed by atoms with Crippen molar-refractivity contribution in [2.75, 3.05) is 26.2 Å². The number of benzene rings is 1. The molecule has 0 unspecified atom stereocenters. The summed E-state index contributed by atoms with van der Waals surface area (Å²) in [4.78, 5) is 29.1. The molecule has 0 aliphatic carbocycles. The van der Waals surface area contributed by atoms with Gasteiger partial charge in [-0.15, -0.1) is 0 Å². The fraction of sp³-hybridized carbons (Fsp3) is 0.571. The van der Waals surface area contributed by atoms with E-state index in [0.717, 1.165) is 37.9 Å². The van der Waals surface area contributed by atoms with Gasteiger partial charge in [-0.25, -0.2) is 0 Å². The summed E-state index contributed by atoms with van der Waals surface area (Å²) in [6, 6.07) is 8.64. The minimum Gasteiger partial charge on any atom is -0.370 e. The van der Waals surface area contributed by atoms with Crippen LogP contribution in [0.3, 0.4) is 0 Å². The van der Waals surface area contributed by atoms with Gasteiger partial charge in [-0.3, -0.25) is 15.0 Å². The monoisotopic (exact) mass is 400 g/mol. The van der Waals surface area contributed by atoms with Gasteiger partial charge in [-0.05, 0) is 43.6 Å². The Bertz CT molecular complexity index is 717. The predicted molar refractivity (Wildman–Crippen MR) is 112 cm³/mol. The molecule has 0 radical (unpaired) electrons. The topological polar surface area (TPSA) is 129 Å². The molecule has 3 rings (SSSR count). The number of guanidine groups is 1. The van der Waals surface area contributed by atoms with Crippen LogP contribution >= 0.6 is 0 Å². The van der Waals surface area contributed by atoms with Crippen molar-refractivity contribution in [3.8, 4) is 0 Å². The number of nitrogens with two attached hydrogens (primary N) is 2. The van der Waals surface area contributed by atoms with Crippen molar-refractivity contribution in [2.45, 2.75) is 44.2 Å². The Morgan fingerprint density at radius 3 is 2.48 bits per heavy atom. The zero-order chi connectivity index (χ0) is 20.8. The third kappa shape index (κ3) is 5.47. The summed E-state index contributed by atoms with van der Waals surface area (Å²) in [6.07, 6.45) is 3.76. The molecule has 1 aromatic carbocycles. The van der Waals surface area contributed by atoms with E-state index in [2.05, 4.69) is 5.32 Å². The lowest BCUT2D eigenvalue weighted by molar-refractivity contribution is -0.139. The second kappa shape index (κ2) is 9.73. The zero-order valence-corrected chi connectivity index (χ0v) is 16.8. The molecular formula is C21H32N6O2. The smallest absolute Gasteiger partial charge is 0.242 e. The maximum Gasteiger partial charge on any atom is 0.242 e. The van der Waals surface area contributed by atoms with Crippen molar-refractivity contribution in [2.24, 2.45) is 17.4 Å². The number of hydrogen-bond donors (Lipinski definition) is 4. The normalized spacial score (nSPS) is 21.1. The molecule has 1 aromatic rings. The van der Waals surface area contributed by atoms with Crippen LogP contribution in [0.2, 0.25) is 0 Å². The second-order valence-corrected chi connectivity index (χ2v) is 8.05. The third-order valence-electron chi connectivity index (χ3n) is 5.97. The van der Waals surface area contributed by atoms with Crippen LogP contribution in [0.25, 0.3) is 0 Å². The van der Waals surface area contributed by atoms with Crippen molar-refractivity contribution in [3.63, 3.8) is 0 Å². The molecule has 6 N–H and O–H groups in total. The van der Waals surface area contributed by atoms with Crippen molar-refractivity contribution < 1.29 is 9.59 Å². The molecule has 2 amide bonds. The van der Waals surface area contributed by atoms with Crippen LogP contribution in [0, 0.1) is 11.3 Å². The first-order valence-corrected chi connectivity index (χ1v) is 10.4. The lowest BCUT2D eigenvalue weighted by Crippen LogP contribution is -2.52. The van der Waals surface area contributed by atoms with E-state index in [0.29, 0.717) is 31.8 Å². The third-order valence-corrected chi connectivity index (χ3v) is 5.97. The molecule has 2 heterocycles. The van der Waals surface area contributed by atoms with Gasteiger partial charge in [0, 0.05) is 26.2 Å². The fourth-order valence-electron chi connectivity index (χ4n) is 4.21. The highest BCUT2D eigenvalue weighted by atomic mass is 16.2. The first-order chi connectivity index (χ1) is 14.0. The molecule has 2 saturated heterocycles. The van der Waals surface area contributed by atoms with Gasteiger partial charge in [0.1, 0.15) is 6.04 Å². The standard InChI is InChI=1S/C21H32N6O2/c22-17(13-15-5-2-1-3-6-15)20(29)27-10-4-7-18(27)19(28)25-14-16-8-11-26(12-9-16)21(23)24/h1-3,5-6,16-18H,4,7-14,22H2,(H3,23,24)(H,25,28)/t17-,18-/m1/s1. The van der Waals surface area contributed by atoms with E-state index in [1.807, 2.05) is 35.2 Å². The summed E-state index contributed by atoms with van der Waals surface area (Å²) in [5, 5.41) is 10.5. The number of amides is 2. The fourth-order valence-corrected chi connectivity index (χ4v) is 4.21. The molecule has 0 aromatic heterocycles. The molecule has 0 spiro atoms. The van der Waals surface area contributed by atoms with Gasteiger partial charge < -0.3 is 26.6 Å². The van der Waals surface area contributed by atoms with E-state index in [1.54, 1.807) is 4.90 Å². The quantitative estimate of drug-likeness (QED) is 0.402. The number of hydrogen-bond acceptors (Lipinski definition) is 4. The highest BCUT2D eigenvalue weighted by Gasteiger charge is 2.36. The summed E-state index contributed by atoms with van der Waals surface area (Å²) in [5.74, 6) is 0.248. The number of nitrogens with one attached hydrogen (secondary N) is 2. The Balaban J connectivity index is 1.48. The molecular weight excluding hydrogens is 368 g/mol. The van der Waals surface area contributed by atoms with Gasteiger partial charge in [0.2, 0.25) is 11.8 Å². The summed E-state index contributed by atoms with van der Waals surface area (Å²) >= 11 is 0. The van der Waals surface area contributed by atoms with E-state index < -0.39 is 12.1 Å². The Hall–Kier alpha value is -2.61. The molecule has 2 atom stereocenters. The Kier molecular flexibility index (Phi) is 7.09. The lowest BCUT2D eigenvalue weighted by atomic mass is 9.97.